The largest absolute Gasteiger partial charge is 0.390 e. The maximum atomic E-state index is 13.5. The molecule has 0 bridgehead atoms. The van der Waals surface area contributed by atoms with Crippen LogP contribution in [0.25, 0.3) is 0 Å². The summed E-state index contributed by atoms with van der Waals surface area (Å²) >= 11 is 0. The average molecular weight is 507 g/mol. The van der Waals surface area contributed by atoms with E-state index in [0.717, 1.165) is 64.2 Å². The molecule has 1 N–H and O–H groups in total. The van der Waals surface area contributed by atoms with Crippen molar-refractivity contribution in [2.45, 2.75) is 88.7 Å². The van der Waals surface area contributed by atoms with Crippen LogP contribution in [-0.2, 0) is 25.9 Å². The van der Waals surface area contributed by atoms with Crippen LogP contribution < -0.4 is 0 Å². The second kappa shape index (κ2) is 8.66. The summed E-state index contributed by atoms with van der Waals surface area (Å²) in [7, 11) is -1.51. The van der Waals surface area contributed by atoms with Crippen LogP contribution in [0.4, 0.5) is 0 Å². The molecule has 196 valence electrons. The Morgan fingerprint density at radius 2 is 1.91 bits per heavy atom. The fraction of sp³-hybridized carbons (Fsp3) is 0.852. The first kappa shape index (κ1) is 25.4. The molecule has 4 fully saturated rings. The highest BCUT2D eigenvalue weighted by Crippen LogP contribution is 2.68. The number of methoxy groups -OCH3 is 1. The maximum Gasteiger partial charge on any atom is 0.178 e. The zero-order valence-corrected chi connectivity index (χ0v) is 22.5. The normalized spacial score (nSPS) is 43.3. The van der Waals surface area contributed by atoms with Crippen LogP contribution in [-0.4, -0.2) is 54.7 Å². The quantitative estimate of drug-likeness (QED) is 0.629. The van der Waals surface area contributed by atoms with Gasteiger partial charge in [-0.25, -0.2) is 8.42 Å². The smallest absolute Gasteiger partial charge is 0.178 e. The fourth-order valence-corrected chi connectivity index (χ4v) is 9.76. The van der Waals surface area contributed by atoms with Gasteiger partial charge in [0, 0.05) is 25.5 Å². The van der Waals surface area contributed by atoms with Crippen LogP contribution in [0.15, 0.2) is 17.3 Å². The maximum absolute atomic E-state index is 13.5. The highest BCUT2D eigenvalue weighted by atomic mass is 32.2. The number of carbonyl (C=O) groups is 1. The van der Waals surface area contributed by atoms with Gasteiger partial charge in [0.2, 0.25) is 0 Å². The van der Waals surface area contributed by atoms with Crippen molar-refractivity contribution < 1.29 is 23.1 Å². The summed E-state index contributed by atoms with van der Waals surface area (Å²) in [5.41, 5.74) is -0.418. The van der Waals surface area contributed by atoms with Crippen LogP contribution >= 0.6 is 0 Å². The number of Topliss-reactive ketones (excluding diaryl/α,β-unsaturated/α-hetero) is 1. The Balaban J connectivity index is 1.35. The van der Waals surface area contributed by atoms with Crippen molar-refractivity contribution in [1.29, 1.82) is 0 Å². The van der Waals surface area contributed by atoms with E-state index in [1.54, 1.807) is 0 Å². The summed E-state index contributed by atoms with van der Waals surface area (Å²) in [5.74, 6) is 2.46. The molecule has 0 aliphatic heterocycles. The first-order valence-electron chi connectivity index (χ1n) is 13.4. The second-order valence-electron chi connectivity index (χ2n) is 12.8. The van der Waals surface area contributed by atoms with Crippen molar-refractivity contribution in [3.05, 3.63) is 12.4 Å². The van der Waals surface area contributed by atoms with Crippen molar-refractivity contribution in [3.8, 4) is 0 Å². The van der Waals surface area contributed by atoms with Gasteiger partial charge in [-0.05, 0) is 99.2 Å². The lowest BCUT2D eigenvalue weighted by Crippen LogP contribution is -2.58. The van der Waals surface area contributed by atoms with Gasteiger partial charge in [0.1, 0.15) is 4.90 Å². The number of hydrogen-bond acceptors (Lipinski definition) is 6. The minimum absolute atomic E-state index is 0.00233. The molecule has 0 spiro atoms. The summed E-state index contributed by atoms with van der Waals surface area (Å²) in [6, 6.07) is 0. The SMILES string of the molecule is COCC12CC[C@@](C)(O)C[C@@H]1CCC1[C@@H]2CC[C@]2(C)C(C(=O)Cn3cc(S(C)(=O)=O)cn3)CC[C@@H]12. The van der Waals surface area contributed by atoms with Gasteiger partial charge in [-0.15, -0.1) is 0 Å². The lowest BCUT2D eigenvalue weighted by atomic mass is 9.43. The third kappa shape index (κ3) is 4.21. The molecule has 4 saturated carbocycles. The van der Waals surface area contributed by atoms with Crippen molar-refractivity contribution in [2.24, 2.45) is 40.4 Å². The molecule has 0 aromatic carbocycles. The van der Waals surface area contributed by atoms with E-state index in [4.69, 9.17) is 4.74 Å². The predicted molar refractivity (Wildman–Crippen MR) is 132 cm³/mol. The summed E-state index contributed by atoms with van der Waals surface area (Å²) in [6.07, 6.45) is 13.3. The van der Waals surface area contributed by atoms with Crippen molar-refractivity contribution in [3.63, 3.8) is 0 Å². The van der Waals surface area contributed by atoms with E-state index in [1.165, 1.54) is 23.5 Å². The number of ketones is 1. The second-order valence-corrected chi connectivity index (χ2v) is 14.8. The Hall–Kier alpha value is -1.25. The Morgan fingerprint density at radius 1 is 1.14 bits per heavy atom. The Bertz CT molecular complexity index is 1080. The number of aromatic nitrogens is 2. The molecular formula is C27H42N2O5S. The Kier molecular flexibility index (Phi) is 6.28. The zero-order chi connectivity index (χ0) is 25.2. The highest BCUT2D eigenvalue weighted by molar-refractivity contribution is 7.90. The number of rotatable bonds is 6. The van der Waals surface area contributed by atoms with E-state index in [0.29, 0.717) is 23.7 Å². The number of fused-ring (bicyclic) bond motifs is 5. The summed E-state index contributed by atoms with van der Waals surface area (Å²) < 4.78 is 31.0. The standard InChI is InChI=1S/C27H42N2O5S/c1-25(31)11-12-27(17-34-3)18(13-25)5-6-20-21-7-8-23(26(21,2)10-9-22(20)27)24(30)16-29-15-19(14-28-29)35(4,32)33/h14-15,18,20-23,31H,5-13,16-17H2,1-4H3/t18-,20?,21-,22-,23?,25+,26-,27?/m0/s1. The van der Waals surface area contributed by atoms with Gasteiger partial charge in [0.05, 0.1) is 24.9 Å². The molecule has 3 unspecified atom stereocenters. The summed E-state index contributed by atoms with van der Waals surface area (Å²) in [5, 5.41) is 15.0. The van der Waals surface area contributed by atoms with Crippen molar-refractivity contribution in [1.82, 2.24) is 9.78 Å². The minimum atomic E-state index is -3.33. The molecule has 7 nitrogen and oxygen atoms in total. The van der Waals surface area contributed by atoms with E-state index in [9.17, 15) is 18.3 Å². The third-order valence-corrected chi connectivity index (χ3v) is 11.9. The fourth-order valence-electron chi connectivity index (χ4n) is 9.20. The molecule has 1 heterocycles. The third-order valence-electron chi connectivity index (χ3n) is 10.8. The lowest BCUT2D eigenvalue weighted by molar-refractivity contribution is -0.175. The van der Waals surface area contributed by atoms with Crippen LogP contribution in [0.2, 0.25) is 0 Å². The van der Waals surface area contributed by atoms with Gasteiger partial charge in [-0.1, -0.05) is 6.92 Å². The molecule has 4 aliphatic rings. The first-order chi connectivity index (χ1) is 16.4. The van der Waals surface area contributed by atoms with E-state index >= 15 is 0 Å². The molecule has 35 heavy (non-hydrogen) atoms. The molecule has 1 aromatic heterocycles. The van der Waals surface area contributed by atoms with Gasteiger partial charge in [-0.2, -0.15) is 5.10 Å². The molecule has 5 rings (SSSR count). The highest BCUT2D eigenvalue weighted by Gasteiger charge is 2.63. The van der Waals surface area contributed by atoms with Gasteiger partial charge in [-0.3, -0.25) is 9.48 Å². The van der Waals surface area contributed by atoms with Crippen LogP contribution in [0.1, 0.15) is 71.6 Å². The van der Waals surface area contributed by atoms with Gasteiger partial charge in [0.15, 0.2) is 15.6 Å². The molecule has 0 amide bonds. The van der Waals surface area contributed by atoms with E-state index in [2.05, 4.69) is 12.0 Å². The monoisotopic (exact) mass is 506 g/mol. The zero-order valence-electron chi connectivity index (χ0n) is 21.7. The van der Waals surface area contributed by atoms with E-state index in [-0.39, 0.29) is 34.0 Å². The average Bonchev–Trinajstić information content (AvgIpc) is 3.38. The molecule has 4 aliphatic carbocycles. The number of ether oxygens (including phenoxy) is 1. The molecule has 8 heteroatoms. The number of nitrogens with zero attached hydrogens (tertiary/aromatic N) is 2. The summed E-state index contributed by atoms with van der Waals surface area (Å²) in [4.78, 5) is 13.7. The number of hydrogen-bond donors (Lipinski definition) is 1. The Labute approximate surface area is 209 Å². The summed E-state index contributed by atoms with van der Waals surface area (Å²) in [6.45, 7) is 5.26. The minimum Gasteiger partial charge on any atom is -0.390 e. The molecule has 0 radical (unpaired) electrons. The van der Waals surface area contributed by atoms with Crippen LogP contribution in [0.5, 0.6) is 0 Å². The lowest BCUT2D eigenvalue weighted by Gasteiger charge is -2.62. The van der Waals surface area contributed by atoms with E-state index < -0.39 is 15.4 Å². The van der Waals surface area contributed by atoms with Crippen LogP contribution in [0.3, 0.4) is 0 Å². The number of sulfone groups is 1. The predicted octanol–water partition coefficient (Wildman–Crippen LogP) is 3.89. The molecule has 1 aromatic rings. The van der Waals surface area contributed by atoms with E-state index in [1.807, 2.05) is 14.0 Å². The van der Waals surface area contributed by atoms with Crippen molar-refractivity contribution in [2.75, 3.05) is 20.0 Å². The topological polar surface area (TPSA) is 98.5 Å². The van der Waals surface area contributed by atoms with Gasteiger partial charge in [0.25, 0.3) is 0 Å². The first-order valence-corrected chi connectivity index (χ1v) is 15.3. The van der Waals surface area contributed by atoms with Crippen LogP contribution in [0, 0.1) is 40.4 Å². The number of aliphatic hydroxyl groups is 1. The van der Waals surface area contributed by atoms with Gasteiger partial charge >= 0.3 is 0 Å². The molecular weight excluding hydrogens is 464 g/mol. The van der Waals surface area contributed by atoms with Crippen molar-refractivity contribution >= 4 is 15.6 Å². The molecule has 8 atom stereocenters. The van der Waals surface area contributed by atoms with Gasteiger partial charge < -0.3 is 9.84 Å². The Morgan fingerprint density at radius 3 is 2.60 bits per heavy atom. The molecule has 0 saturated heterocycles. The number of carbonyl (C=O) groups excluding carboxylic acids is 1.